The van der Waals surface area contributed by atoms with Crippen LogP contribution >= 0.6 is 12.2 Å². The van der Waals surface area contributed by atoms with Crippen molar-refractivity contribution in [2.45, 2.75) is 76.7 Å². The monoisotopic (exact) mass is 494 g/mol. The molecule has 0 aromatic heterocycles. The molecule has 2 saturated heterocycles. The third-order valence-corrected chi connectivity index (χ3v) is 5.19. The highest BCUT2D eigenvalue weighted by Crippen LogP contribution is 2.38. The molecule has 1 aromatic carbocycles. The first-order chi connectivity index (χ1) is 16.0. The zero-order valence-electron chi connectivity index (χ0n) is 19.8. The van der Waals surface area contributed by atoms with Crippen LogP contribution < -0.4 is 4.74 Å². The lowest BCUT2D eigenvalue weighted by atomic mass is 9.98. The fourth-order valence-corrected chi connectivity index (χ4v) is 3.90. The molecule has 2 aliphatic heterocycles. The second kappa shape index (κ2) is 10.9. The second-order valence-electron chi connectivity index (χ2n) is 8.57. The molecule has 34 heavy (non-hydrogen) atoms. The first-order valence-electron chi connectivity index (χ1n) is 10.9. The van der Waals surface area contributed by atoms with Gasteiger partial charge in [0.05, 0.1) is 13.2 Å². The molecule has 9 nitrogen and oxygen atoms in total. The van der Waals surface area contributed by atoms with E-state index < -0.39 is 48.2 Å². The van der Waals surface area contributed by atoms with Gasteiger partial charge in [-0.25, -0.2) is 4.79 Å². The third kappa shape index (κ3) is 6.81. The Labute approximate surface area is 204 Å². The molecule has 0 radical (unpaired) electrons. The van der Waals surface area contributed by atoms with Crippen LogP contribution in [0.5, 0.6) is 5.75 Å². The van der Waals surface area contributed by atoms with Gasteiger partial charge in [0.15, 0.2) is 23.8 Å². The zero-order valence-corrected chi connectivity index (χ0v) is 20.7. The number of ether oxygens (including phenoxy) is 8. The van der Waals surface area contributed by atoms with E-state index in [0.29, 0.717) is 5.75 Å². The largest absolute Gasteiger partial charge is 0.509 e. The molecule has 0 amide bonds. The molecule has 1 aromatic rings. The molecular formula is C24H30O9S. The first-order valence-corrected chi connectivity index (χ1v) is 11.3. The van der Waals surface area contributed by atoms with Crippen LogP contribution in [0, 0.1) is 12.3 Å². The summed E-state index contributed by atoms with van der Waals surface area (Å²) >= 11 is 5.29. The molecule has 0 bridgehead atoms. The SMILES string of the molecule is C#CC(OC(=O)OCC)[C@H]1OC(C)(C)O[C@H]1[C@@H]1OC(C)(C)OC[C@H]1OC(=S)Oc1ccccc1. The van der Waals surface area contributed by atoms with E-state index in [2.05, 4.69) is 5.92 Å². The summed E-state index contributed by atoms with van der Waals surface area (Å²) in [5.74, 6) is 0.968. The Hall–Kier alpha value is -2.42. The number of thiocarbonyl (C=S) groups is 1. The number of benzene rings is 1. The van der Waals surface area contributed by atoms with E-state index >= 15 is 0 Å². The maximum atomic E-state index is 12.0. The second-order valence-corrected chi connectivity index (χ2v) is 8.90. The summed E-state index contributed by atoms with van der Waals surface area (Å²) < 4.78 is 45.8. The number of terminal acetylenes is 1. The fourth-order valence-electron chi connectivity index (χ4n) is 3.68. The van der Waals surface area contributed by atoms with Crippen LogP contribution in [-0.4, -0.2) is 66.7 Å². The molecule has 2 aliphatic rings. The van der Waals surface area contributed by atoms with Crippen LogP contribution in [0.2, 0.25) is 0 Å². The molecule has 3 rings (SSSR count). The molecule has 0 N–H and O–H groups in total. The number of rotatable bonds is 6. The topological polar surface area (TPSA) is 90.9 Å². The summed E-state index contributed by atoms with van der Waals surface area (Å²) in [5, 5.41) is -0.112. The fraction of sp³-hybridized carbons (Fsp3) is 0.583. The van der Waals surface area contributed by atoms with E-state index in [1.54, 1.807) is 46.8 Å². The number of hydrogen-bond acceptors (Lipinski definition) is 10. The molecule has 2 heterocycles. The Balaban J connectivity index is 1.81. The van der Waals surface area contributed by atoms with Crippen molar-refractivity contribution in [1.29, 1.82) is 0 Å². The summed E-state index contributed by atoms with van der Waals surface area (Å²) in [4.78, 5) is 12.0. The van der Waals surface area contributed by atoms with Gasteiger partial charge >= 0.3 is 11.4 Å². The maximum Gasteiger partial charge on any atom is 0.509 e. The lowest BCUT2D eigenvalue weighted by Gasteiger charge is -2.43. The minimum atomic E-state index is -1.10. The Morgan fingerprint density at radius 2 is 1.82 bits per heavy atom. The lowest BCUT2D eigenvalue weighted by Crippen LogP contribution is -2.58. The van der Waals surface area contributed by atoms with E-state index in [1.807, 2.05) is 18.2 Å². The van der Waals surface area contributed by atoms with Gasteiger partial charge in [0, 0.05) is 12.2 Å². The van der Waals surface area contributed by atoms with Gasteiger partial charge in [-0.1, -0.05) is 24.1 Å². The summed E-state index contributed by atoms with van der Waals surface area (Å²) in [5.41, 5.74) is 0. The minimum Gasteiger partial charge on any atom is -0.448 e. The van der Waals surface area contributed by atoms with Crippen molar-refractivity contribution in [3.05, 3.63) is 30.3 Å². The number of hydrogen-bond donors (Lipinski definition) is 0. The van der Waals surface area contributed by atoms with Crippen molar-refractivity contribution in [3.63, 3.8) is 0 Å². The van der Waals surface area contributed by atoms with Crippen molar-refractivity contribution >= 4 is 23.6 Å². The van der Waals surface area contributed by atoms with Gasteiger partial charge in [-0.15, -0.1) is 6.42 Å². The van der Waals surface area contributed by atoms with Crippen LogP contribution in [0.1, 0.15) is 34.6 Å². The van der Waals surface area contributed by atoms with Gasteiger partial charge in [-0.2, -0.15) is 0 Å². The molecule has 2 fully saturated rings. The zero-order chi connectivity index (χ0) is 24.9. The average molecular weight is 495 g/mol. The average Bonchev–Trinajstić information content (AvgIpc) is 3.09. The van der Waals surface area contributed by atoms with Crippen molar-refractivity contribution in [1.82, 2.24) is 0 Å². The summed E-state index contributed by atoms with van der Waals surface area (Å²) in [6.07, 6.45) is 0.515. The molecule has 10 heteroatoms. The maximum absolute atomic E-state index is 12.0. The first kappa shape index (κ1) is 26.2. The normalized spacial score (nSPS) is 28.2. The van der Waals surface area contributed by atoms with Crippen LogP contribution in [0.4, 0.5) is 4.79 Å². The highest BCUT2D eigenvalue weighted by molar-refractivity contribution is 7.79. The molecule has 0 aliphatic carbocycles. The van der Waals surface area contributed by atoms with Crippen LogP contribution in [0.25, 0.3) is 0 Å². The van der Waals surface area contributed by atoms with Gasteiger partial charge in [0.25, 0.3) is 0 Å². The van der Waals surface area contributed by atoms with Gasteiger partial charge in [-0.3, -0.25) is 0 Å². The summed E-state index contributed by atoms with van der Waals surface area (Å²) in [6.45, 7) is 8.90. The highest BCUT2D eigenvalue weighted by Gasteiger charge is 2.55. The van der Waals surface area contributed by atoms with Crippen LogP contribution in [-0.2, 0) is 33.2 Å². The van der Waals surface area contributed by atoms with Gasteiger partial charge in [-0.05, 0) is 46.8 Å². The van der Waals surface area contributed by atoms with E-state index in [9.17, 15) is 4.79 Å². The molecule has 0 spiro atoms. The van der Waals surface area contributed by atoms with Crippen molar-refractivity contribution in [3.8, 4) is 18.1 Å². The number of carbonyl (C=O) groups is 1. The Kier molecular flexibility index (Phi) is 8.38. The molecule has 186 valence electrons. The van der Waals surface area contributed by atoms with Crippen LogP contribution in [0.15, 0.2) is 30.3 Å². The van der Waals surface area contributed by atoms with Gasteiger partial charge < -0.3 is 37.9 Å². The standard InChI is InChI=1S/C24H30O9S/c1-7-16(29-21(25)26-8-2)18-20(33-24(5,6)32-18)19-17(14-27-23(3,4)31-19)30-22(34)28-15-12-10-9-11-13-15/h1,9-13,16-20H,8,14H2,2-6H3/t16?,17-,18-,19-,20-/m1/s1. The van der Waals surface area contributed by atoms with E-state index in [4.69, 9.17) is 56.5 Å². The predicted molar refractivity (Wildman–Crippen MR) is 124 cm³/mol. The Bertz CT molecular complexity index is 895. The van der Waals surface area contributed by atoms with E-state index in [0.717, 1.165) is 0 Å². The highest BCUT2D eigenvalue weighted by atomic mass is 32.1. The predicted octanol–water partition coefficient (Wildman–Crippen LogP) is 3.58. The van der Waals surface area contributed by atoms with E-state index in [-0.39, 0.29) is 18.5 Å². The summed E-state index contributed by atoms with van der Waals surface area (Å²) in [7, 11) is 0. The lowest BCUT2D eigenvalue weighted by molar-refractivity contribution is -0.321. The Morgan fingerprint density at radius 3 is 2.47 bits per heavy atom. The van der Waals surface area contributed by atoms with Crippen molar-refractivity contribution in [2.75, 3.05) is 13.2 Å². The molecule has 5 atom stereocenters. The smallest absolute Gasteiger partial charge is 0.448 e. The Morgan fingerprint density at radius 1 is 1.15 bits per heavy atom. The van der Waals surface area contributed by atoms with Gasteiger partial charge in [0.1, 0.15) is 24.1 Å². The van der Waals surface area contributed by atoms with Crippen molar-refractivity contribution in [2.24, 2.45) is 0 Å². The van der Waals surface area contributed by atoms with E-state index in [1.165, 1.54) is 0 Å². The van der Waals surface area contributed by atoms with Crippen LogP contribution in [0.3, 0.4) is 0 Å². The third-order valence-electron chi connectivity index (χ3n) is 5.01. The molecule has 0 saturated carbocycles. The van der Waals surface area contributed by atoms with Gasteiger partial charge in [0.2, 0.25) is 0 Å². The molecule has 1 unspecified atom stereocenters. The number of para-hydroxylation sites is 1. The number of carbonyl (C=O) groups excluding carboxylic acids is 1. The van der Waals surface area contributed by atoms with Crippen molar-refractivity contribution < 1.29 is 42.7 Å². The quantitative estimate of drug-likeness (QED) is 0.332. The summed E-state index contributed by atoms with van der Waals surface area (Å²) in [6, 6.07) is 8.99. The minimum absolute atomic E-state index is 0.112. The molecular weight excluding hydrogens is 464 g/mol.